The highest BCUT2D eigenvalue weighted by atomic mass is 35.5. The summed E-state index contributed by atoms with van der Waals surface area (Å²) in [7, 11) is 0. The van der Waals surface area contributed by atoms with Crippen LogP contribution in [-0.2, 0) is 11.2 Å². The van der Waals surface area contributed by atoms with Gasteiger partial charge in [-0.15, -0.1) is 12.4 Å². The summed E-state index contributed by atoms with van der Waals surface area (Å²) in [6.45, 7) is 4.88. The minimum Gasteiger partial charge on any atom is -0.354 e. The maximum absolute atomic E-state index is 11.9. The minimum atomic E-state index is -0.378. The van der Waals surface area contributed by atoms with Gasteiger partial charge in [-0.1, -0.05) is 38.1 Å². The number of nitrogens with one attached hydrogen (secondary N) is 1. The van der Waals surface area contributed by atoms with E-state index < -0.39 is 0 Å². The van der Waals surface area contributed by atoms with Crippen LogP contribution in [-0.4, -0.2) is 18.5 Å². The Balaban J connectivity index is 0.00000200. The van der Waals surface area contributed by atoms with E-state index in [2.05, 4.69) is 43.4 Å². The zero-order valence-electron chi connectivity index (χ0n) is 12.3. The molecule has 3 nitrogen and oxygen atoms in total. The Morgan fingerprint density at radius 3 is 2.80 bits per heavy atom. The molecule has 4 heteroatoms. The molecule has 1 unspecified atom stereocenters. The lowest BCUT2D eigenvalue weighted by Gasteiger charge is -2.17. The van der Waals surface area contributed by atoms with Crippen molar-refractivity contribution >= 4 is 18.3 Å². The van der Waals surface area contributed by atoms with E-state index in [1.165, 1.54) is 11.1 Å². The van der Waals surface area contributed by atoms with E-state index in [1.807, 2.05) is 0 Å². The number of rotatable bonds is 5. The van der Waals surface area contributed by atoms with Gasteiger partial charge in [0, 0.05) is 12.5 Å². The molecule has 0 aromatic heterocycles. The third kappa shape index (κ3) is 4.22. The summed E-state index contributed by atoms with van der Waals surface area (Å²) in [5, 5.41) is 3.01. The summed E-state index contributed by atoms with van der Waals surface area (Å²) in [6.07, 6.45) is 2.99. The van der Waals surface area contributed by atoms with Crippen molar-refractivity contribution in [3.63, 3.8) is 0 Å². The lowest BCUT2D eigenvalue weighted by atomic mass is 10.0. The van der Waals surface area contributed by atoms with Crippen molar-refractivity contribution in [3.8, 4) is 0 Å². The van der Waals surface area contributed by atoms with Crippen LogP contribution in [0.5, 0.6) is 0 Å². The van der Waals surface area contributed by atoms with Gasteiger partial charge >= 0.3 is 0 Å². The van der Waals surface area contributed by atoms with Crippen LogP contribution in [0.3, 0.4) is 0 Å². The molecule has 1 aliphatic rings. The normalized spacial score (nSPS) is 18.3. The molecule has 1 aromatic carbocycles. The number of nitrogens with two attached hydrogens (primary N) is 1. The first-order valence-corrected chi connectivity index (χ1v) is 7.19. The van der Waals surface area contributed by atoms with E-state index in [0.29, 0.717) is 18.4 Å². The average Bonchev–Trinajstić information content (AvgIpc) is 2.78. The van der Waals surface area contributed by atoms with Crippen LogP contribution in [0.1, 0.15) is 43.7 Å². The van der Waals surface area contributed by atoms with Crippen molar-refractivity contribution in [2.45, 2.75) is 45.1 Å². The molecule has 20 heavy (non-hydrogen) atoms. The van der Waals surface area contributed by atoms with Crippen LogP contribution in [0.4, 0.5) is 0 Å². The van der Waals surface area contributed by atoms with Gasteiger partial charge in [-0.25, -0.2) is 0 Å². The van der Waals surface area contributed by atoms with E-state index in [1.54, 1.807) is 0 Å². The molecule has 3 N–H and O–H groups in total. The van der Waals surface area contributed by atoms with E-state index in [0.717, 1.165) is 19.3 Å². The predicted octanol–water partition coefficient (Wildman–Crippen LogP) is 2.63. The summed E-state index contributed by atoms with van der Waals surface area (Å²) in [5.41, 5.74) is 8.70. The second-order valence-electron chi connectivity index (χ2n) is 5.92. The Morgan fingerprint density at radius 2 is 2.10 bits per heavy atom. The van der Waals surface area contributed by atoms with Gasteiger partial charge in [-0.2, -0.15) is 0 Å². The fourth-order valence-electron chi connectivity index (χ4n) is 2.83. The third-order valence-corrected chi connectivity index (χ3v) is 3.84. The Bertz CT molecular complexity index is 448. The first-order chi connectivity index (χ1) is 9.08. The molecular formula is C16H25ClN2O. The number of hydrogen-bond donors (Lipinski definition) is 2. The molecular weight excluding hydrogens is 272 g/mol. The van der Waals surface area contributed by atoms with Gasteiger partial charge in [0.2, 0.25) is 5.91 Å². The number of carbonyl (C=O) groups is 1. The molecule has 0 saturated carbocycles. The highest BCUT2D eigenvalue weighted by molar-refractivity contribution is 5.85. The fourth-order valence-corrected chi connectivity index (χ4v) is 2.83. The first kappa shape index (κ1) is 17.0. The number of hydrogen-bond acceptors (Lipinski definition) is 2. The molecule has 0 saturated heterocycles. The fraction of sp³-hybridized carbons (Fsp3) is 0.562. The zero-order valence-corrected chi connectivity index (χ0v) is 13.1. The molecule has 0 radical (unpaired) electrons. The zero-order chi connectivity index (χ0) is 13.8. The number of amides is 1. The van der Waals surface area contributed by atoms with Gasteiger partial charge in [-0.3, -0.25) is 4.79 Å². The second-order valence-corrected chi connectivity index (χ2v) is 5.92. The number of aryl methyl sites for hydroxylation is 1. The maximum atomic E-state index is 11.9. The van der Waals surface area contributed by atoms with Crippen LogP contribution >= 0.6 is 12.4 Å². The van der Waals surface area contributed by atoms with Crippen LogP contribution in [0.2, 0.25) is 0 Å². The van der Waals surface area contributed by atoms with E-state index in [4.69, 9.17) is 5.73 Å². The predicted molar refractivity (Wildman–Crippen MR) is 85.2 cm³/mol. The highest BCUT2D eigenvalue weighted by Gasteiger charge is 2.23. The number of halogens is 1. The van der Waals surface area contributed by atoms with Gasteiger partial charge < -0.3 is 11.1 Å². The lowest BCUT2D eigenvalue weighted by molar-refractivity contribution is -0.122. The topological polar surface area (TPSA) is 55.1 Å². The molecule has 2 atom stereocenters. The van der Waals surface area contributed by atoms with Crippen molar-refractivity contribution in [2.75, 3.05) is 6.54 Å². The van der Waals surface area contributed by atoms with Gasteiger partial charge in [0.25, 0.3) is 0 Å². The summed E-state index contributed by atoms with van der Waals surface area (Å²) in [6, 6.07) is 8.13. The highest BCUT2D eigenvalue weighted by Crippen LogP contribution is 2.32. The SMILES string of the molecule is CC(C)C[C@H](N)C(=O)NCC1CCc2ccccc21.Cl. The Kier molecular flexibility index (Phi) is 6.50. The van der Waals surface area contributed by atoms with Crippen molar-refractivity contribution in [3.05, 3.63) is 35.4 Å². The third-order valence-electron chi connectivity index (χ3n) is 3.84. The van der Waals surface area contributed by atoms with Crippen LogP contribution in [0.15, 0.2) is 24.3 Å². The average molecular weight is 297 g/mol. The van der Waals surface area contributed by atoms with Crippen LogP contribution in [0.25, 0.3) is 0 Å². The molecule has 1 aromatic rings. The van der Waals surface area contributed by atoms with Gasteiger partial charge in [0.15, 0.2) is 0 Å². The maximum Gasteiger partial charge on any atom is 0.236 e. The number of carbonyl (C=O) groups excluding carboxylic acids is 1. The summed E-state index contributed by atoms with van der Waals surface area (Å²) >= 11 is 0. The number of benzene rings is 1. The number of fused-ring (bicyclic) bond motifs is 1. The Labute approximate surface area is 127 Å². The van der Waals surface area contributed by atoms with Crippen LogP contribution < -0.4 is 11.1 Å². The summed E-state index contributed by atoms with van der Waals surface area (Å²) < 4.78 is 0. The molecule has 0 heterocycles. The quantitative estimate of drug-likeness (QED) is 0.877. The van der Waals surface area contributed by atoms with Crippen molar-refractivity contribution < 1.29 is 4.79 Å². The largest absolute Gasteiger partial charge is 0.354 e. The van der Waals surface area contributed by atoms with Crippen molar-refractivity contribution in [1.29, 1.82) is 0 Å². The molecule has 1 aliphatic carbocycles. The van der Waals surface area contributed by atoms with E-state index in [-0.39, 0.29) is 24.4 Å². The Morgan fingerprint density at radius 1 is 1.40 bits per heavy atom. The van der Waals surface area contributed by atoms with E-state index >= 15 is 0 Å². The molecule has 0 spiro atoms. The first-order valence-electron chi connectivity index (χ1n) is 7.19. The smallest absolute Gasteiger partial charge is 0.236 e. The van der Waals surface area contributed by atoms with Crippen LogP contribution in [0, 0.1) is 5.92 Å². The Hall–Kier alpha value is -1.06. The molecule has 0 bridgehead atoms. The van der Waals surface area contributed by atoms with Gasteiger partial charge in [-0.05, 0) is 36.3 Å². The van der Waals surface area contributed by atoms with Crippen molar-refractivity contribution in [2.24, 2.45) is 11.7 Å². The summed E-state index contributed by atoms with van der Waals surface area (Å²) in [4.78, 5) is 11.9. The molecule has 1 amide bonds. The van der Waals surface area contributed by atoms with Gasteiger partial charge in [0.05, 0.1) is 6.04 Å². The summed E-state index contributed by atoms with van der Waals surface area (Å²) in [5.74, 6) is 0.887. The van der Waals surface area contributed by atoms with E-state index in [9.17, 15) is 4.79 Å². The molecule has 2 rings (SSSR count). The van der Waals surface area contributed by atoms with Crippen molar-refractivity contribution in [1.82, 2.24) is 5.32 Å². The molecule has 0 aliphatic heterocycles. The van der Waals surface area contributed by atoms with Gasteiger partial charge in [0.1, 0.15) is 0 Å². The second kappa shape index (κ2) is 7.65. The molecule has 0 fully saturated rings. The monoisotopic (exact) mass is 296 g/mol. The lowest BCUT2D eigenvalue weighted by Crippen LogP contribution is -2.42. The molecule has 112 valence electrons. The minimum absolute atomic E-state index is 0. The standard InChI is InChI=1S/C16H24N2O.ClH/c1-11(2)9-15(17)16(19)18-10-13-8-7-12-5-3-4-6-14(12)13;/h3-6,11,13,15H,7-10,17H2,1-2H3,(H,18,19);1H/t13?,15-;/m0./s1.